The van der Waals surface area contributed by atoms with E-state index in [-0.39, 0.29) is 18.0 Å². The Bertz CT molecular complexity index is 597. The molecule has 0 spiro atoms. The number of nitrogens with one attached hydrogen (secondary N) is 1. The molecule has 2 heterocycles. The summed E-state index contributed by atoms with van der Waals surface area (Å²) in [4.78, 5) is 14.5. The SMILES string of the molecule is C=C(C)C(C)N(CC)C(=O)C1C=C2C=CC(Br)=CN2N1.C=CSCC. The van der Waals surface area contributed by atoms with Gasteiger partial charge in [0.25, 0.3) is 0 Å². The van der Waals surface area contributed by atoms with E-state index in [9.17, 15) is 4.79 Å². The average Bonchev–Trinajstić information content (AvgIpc) is 2.99. The predicted octanol–water partition coefficient (Wildman–Crippen LogP) is 4.56. The Kier molecular flexibility index (Phi) is 9.32. The molecule has 0 bridgehead atoms. The molecule has 0 aromatic heterocycles. The number of thioether (sulfide) groups is 1. The minimum Gasteiger partial charge on any atom is -0.335 e. The van der Waals surface area contributed by atoms with E-state index in [2.05, 4.69) is 41.4 Å². The number of allylic oxidation sites excluding steroid dienone is 3. The normalized spacial score (nSPS) is 19.1. The zero-order valence-corrected chi connectivity index (χ0v) is 17.9. The Hall–Kier alpha value is -1.24. The van der Waals surface area contributed by atoms with Crippen LogP contribution >= 0.6 is 27.7 Å². The lowest BCUT2D eigenvalue weighted by Gasteiger charge is -2.31. The van der Waals surface area contributed by atoms with Crippen LogP contribution < -0.4 is 5.43 Å². The summed E-state index contributed by atoms with van der Waals surface area (Å²) in [7, 11) is 0. The van der Waals surface area contributed by atoms with E-state index in [1.165, 1.54) is 0 Å². The summed E-state index contributed by atoms with van der Waals surface area (Å²) in [6, 6.07) is -0.283. The van der Waals surface area contributed by atoms with Gasteiger partial charge in [0.15, 0.2) is 0 Å². The molecule has 2 aliphatic heterocycles. The van der Waals surface area contributed by atoms with E-state index in [1.54, 1.807) is 11.8 Å². The Labute approximate surface area is 164 Å². The van der Waals surface area contributed by atoms with Crippen molar-refractivity contribution in [2.45, 2.75) is 39.8 Å². The summed E-state index contributed by atoms with van der Waals surface area (Å²) < 4.78 is 0.970. The first-order valence-electron chi connectivity index (χ1n) is 8.36. The third-order valence-corrected chi connectivity index (χ3v) is 4.95. The van der Waals surface area contributed by atoms with Crippen molar-refractivity contribution in [3.05, 3.63) is 58.7 Å². The number of hydrogen-bond donors (Lipinski definition) is 1. The second-order valence-corrected chi connectivity index (χ2v) is 7.84. The number of fused-ring (bicyclic) bond motifs is 1. The van der Waals surface area contributed by atoms with Gasteiger partial charge >= 0.3 is 0 Å². The zero-order valence-electron chi connectivity index (χ0n) is 15.5. The fourth-order valence-corrected chi connectivity index (χ4v) is 2.97. The van der Waals surface area contributed by atoms with Crippen molar-refractivity contribution < 1.29 is 4.79 Å². The summed E-state index contributed by atoms with van der Waals surface area (Å²) in [6.45, 7) is 16.2. The summed E-state index contributed by atoms with van der Waals surface area (Å²) >= 11 is 5.15. The number of amides is 1. The van der Waals surface area contributed by atoms with Crippen molar-refractivity contribution in [1.82, 2.24) is 15.3 Å². The largest absolute Gasteiger partial charge is 0.335 e. The number of carbonyl (C=O) groups is 1. The maximum atomic E-state index is 12.6. The molecule has 2 unspecified atom stereocenters. The van der Waals surface area contributed by atoms with Crippen LogP contribution in [0.25, 0.3) is 0 Å². The predicted molar refractivity (Wildman–Crippen MR) is 113 cm³/mol. The Morgan fingerprint density at radius 3 is 2.68 bits per heavy atom. The van der Waals surface area contributed by atoms with Gasteiger partial charge in [-0.3, -0.25) is 9.80 Å². The van der Waals surface area contributed by atoms with Crippen LogP contribution in [-0.4, -0.2) is 40.2 Å². The number of hydrazine groups is 1. The highest BCUT2D eigenvalue weighted by Crippen LogP contribution is 2.24. The van der Waals surface area contributed by atoms with Crippen LogP contribution in [0.2, 0.25) is 0 Å². The molecule has 1 N–H and O–H groups in total. The van der Waals surface area contributed by atoms with E-state index in [0.29, 0.717) is 6.54 Å². The van der Waals surface area contributed by atoms with Crippen LogP contribution in [0.4, 0.5) is 0 Å². The molecule has 1 amide bonds. The van der Waals surface area contributed by atoms with Crippen LogP contribution in [-0.2, 0) is 4.79 Å². The smallest absolute Gasteiger partial charge is 0.246 e. The molecule has 0 radical (unpaired) electrons. The first kappa shape index (κ1) is 21.8. The van der Waals surface area contributed by atoms with Gasteiger partial charge in [0.2, 0.25) is 5.91 Å². The molecule has 2 aliphatic rings. The van der Waals surface area contributed by atoms with Crippen molar-refractivity contribution in [2.24, 2.45) is 0 Å². The molecule has 0 aliphatic carbocycles. The van der Waals surface area contributed by atoms with E-state index in [1.807, 2.05) is 60.5 Å². The second-order valence-electron chi connectivity index (χ2n) is 5.68. The van der Waals surface area contributed by atoms with Crippen LogP contribution in [0.1, 0.15) is 27.7 Å². The standard InChI is InChI=1S/C15H20BrN3O.C4H8S/c1-5-18(11(4)10(2)3)15(20)14-8-13-7-6-12(16)9-19(13)17-14;1-3-5-4-2/h6-9,11,14,17H,2,5H2,1,3-4H3;3H,1,4H2,2H3. The molecule has 0 aromatic rings. The molecule has 0 fully saturated rings. The number of halogens is 1. The number of nitrogens with zero attached hydrogens (tertiary/aromatic N) is 2. The Morgan fingerprint density at radius 2 is 2.20 bits per heavy atom. The molecule has 4 nitrogen and oxygen atoms in total. The molecular formula is C19H28BrN3OS. The van der Waals surface area contributed by atoms with Crippen molar-refractivity contribution in [1.29, 1.82) is 0 Å². The maximum absolute atomic E-state index is 12.6. The molecular weight excluding hydrogens is 398 g/mol. The van der Waals surface area contributed by atoms with Crippen LogP contribution in [0.15, 0.2) is 58.7 Å². The van der Waals surface area contributed by atoms with Crippen LogP contribution in [0.5, 0.6) is 0 Å². The van der Waals surface area contributed by atoms with Gasteiger partial charge in [0.1, 0.15) is 6.04 Å². The highest BCUT2D eigenvalue weighted by molar-refractivity contribution is 9.11. The highest BCUT2D eigenvalue weighted by Gasteiger charge is 2.31. The van der Waals surface area contributed by atoms with Crippen molar-refractivity contribution in [3.8, 4) is 0 Å². The molecule has 6 heteroatoms. The van der Waals surface area contributed by atoms with E-state index < -0.39 is 0 Å². The van der Waals surface area contributed by atoms with E-state index in [0.717, 1.165) is 21.5 Å². The fourth-order valence-electron chi connectivity index (χ4n) is 2.40. The molecule has 0 saturated carbocycles. The lowest BCUT2D eigenvalue weighted by Crippen LogP contribution is -2.49. The summed E-state index contributed by atoms with van der Waals surface area (Å²) in [5, 5.41) is 3.71. The van der Waals surface area contributed by atoms with Crippen molar-refractivity contribution in [3.63, 3.8) is 0 Å². The lowest BCUT2D eigenvalue weighted by atomic mass is 10.1. The topological polar surface area (TPSA) is 35.6 Å². The Morgan fingerprint density at radius 1 is 1.52 bits per heavy atom. The first-order valence-corrected chi connectivity index (χ1v) is 10.2. The third kappa shape index (κ3) is 6.20. The van der Waals surface area contributed by atoms with Gasteiger partial charge in [-0.25, -0.2) is 5.43 Å². The minimum atomic E-state index is -0.328. The van der Waals surface area contributed by atoms with Crippen molar-refractivity contribution in [2.75, 3.05) is 12.3 Å². The highest BCUT2D eigenvalue weighted by atomic mass is 79.9. The van der Waals surface area contributed by atoms with Crippen LogP contribution in [0, 0.1) is 0 Å². The number of carbonyl (C=O) groups excluding carboxylic acids is 1. The minimum absolute atomic E-state index is 0.0446. The molecule has 0 aromatic carbocycles. The van der Waals surface area contributed by atoms with Crippen molar-refractivity contribution >= 4 is 33.6 Å². The third-order valence-electron chi connectivity index (χ3n) is 3.91. The monoisotopic (exact) mass is 425 g/mol. The molecule has 0 saturated heterocycles. The molecule has 25 heavy (non-hydrogen) atoms. The quantitative estimate of drug-likeness (QED) is 0.632. The number of rotatable bonds is 6. The first-order chi connectivity index (χ1) is 11.8. The summed E-state index contributed by atoms with van der Waals surface area (Å²) in [6.07, 6.45) is 7.80. The second kappa shape index (κ2) is 10.7. The number of likely N-dealkylation sites (N-methyl/N-ethyl adjacent to an activating group) is 1. The molecule has 138 valence electrons. The fraction of sp³-hybridized carbons (Fsp3) is 0.421. The Balaban J connectivity index is 0.000000550. The van der Waals surface area contributed by atoms with Gasteiger partial charge in [-0.05, 0) is 66.1 Å². The van der Waals surface area contributed by atoms with Gasteiger partial charge in [-0.1, -0.05) is 25.7 Å². The average molecular weight is 426 g/mol. The van der Waals surface area contributed by atoms with Gasteiger partial charge < -0.3 is 4.90 Å². The molecule has 2 atom stereocenters. The van der Waals surface area contributed by atoms with E-state index >= 15 is 0 Å². The van der Waals surface area contributed by atoms with Gasteiger partial charge in [0, 0.05) is 23.3 Å². The maximum Gasteiger partial charge on any atom is 0.246 e. The molecule has 2 rings (SSSR count). The summed E-state index contributed by atoms with van der Waals surface area (Å²) in [5.74, 6) is 1.21. The summed E-state index contributed by atoms with van der Waals surface area (Å²) in [5.41, 5.74) is 5.18. The van der Waals surface area contributed by atoms with Gasteiger partial charge in [-0.15, -0.1) is 11.8 Å². The zero-order chi connectivity index (χ0) is 19.0. The van der Waals surface area contributed by atoms with Gasteiger partial charge in [-0.2, -0.15) is 0 Å². The van der Waals surface area contributed by atoms with E-state index in [4.69, 9.17) is 0 Å². The lowest BCUT2D eigenvalue weighted by molar-refractivity contribution is -0.133. The number of hydrogen-bond acceptors (Lipinski definition) is 4. The van der Waals surface area contributed by atoms with Gasteiger partial charge in [0.05, 0.1) is 5.70 Å². The van der Waals surface area contributed by atoms with Crippen LogP contribution in [0.3, 0.4) is 0 Å².